The number of rotatable bonds is 11. The van der Waals surface area contributed by atoms with Crippen molar-refractivity contribution in [2.45, 2.75) is 111 Å². The van der Waals surface area contributed by atoms with Gasteiger partial charge in [-0.2, -0.15) is 0 Å². The zero-order chi connectivity index (χ0) is 28.6. The monoisotopic (exact) mass is 531 g/mol. The van der Waals surface area contributed by atoms with E-state index in [1.807, 2.05) is 58.0 Å². The fourth-order valence-electron chi connectivity index (χ4n) is 4.64. The molecule has 0 radical (unpaired) electrons. The van der Waals surface area contributed by atoms with Crippen LogP contribution >= 0.6 is 0 Å². The van der Waals surface area contributed by atoms with Gasteiger partial charge in [-0.25, -0.2) is 9.59 Å². The van der Waals surface area contributed by atoms with Gasteiger partial charge < -0.3 is 25.0 Å². The number of ether oxygens (including phenoxy) is 2. The maximum atomic E-state index is 13.5. The molecule has 0 aliphatic carbocycles. The lowest BCUT2D eigenvalue weighted by Gasteiger charge is -2.39. The summed E-state index contributed by atoms with van der Waals surface area (Å²) < 4.78 is 10.8. The molecule has 9 heteroatoms. The quantitative estimate of drug-likeness (QED) is 0.414. The van der Waals surface area contributed by atoms with Crippen LogP contribution in [-0.4, -0.2) is 58.5 Å². The van der Waals surface area contributed by atoms with E-state index in [9.17, 15) is 19.2 Å². The summed E-state index contributed by atoms with van der Waals surface area (Å²) in [6.45, 7) is 14.9. The van der Waals surface area contributed by atoms with E-state index in [2.05, 4.69) is 10.6 Å². The first-order chi connectivity index (χ1) is 17.7. The fourth-order valence-corrected chi connectivity index (χ4v) is 4.64. The normalized spacial score (nSPS) is 18.2. The largest absolute Gasteiger partial charge is 0.458 e. The number of carbonyl (C=O) groups excluding carboxylic acids is 4. The molecule has 1 aliphatic heterocycles. The Hall–Kier alpha value is -3.10. The summed E-state index contributed by atoms with van der Waals surface area (Å²) in [5.74, 6) is -1.02. The van der Waals surface area contributed by atoms with Gasteiger partial charge in [-0.1, -0.05) is 58.0 Å². The summed E-state index contributed by atoms with van der Waals surface area (Å²) in [7, 11) is 0. The van der Waals surface area contributed by atoms with Crippen LogP contribution in [-0.2, 0) is 30.5 Å². The van der Waals surface area contributed by atoms with Crippen LogP contribution in [0.2, 0.25) is 0 Å². The highest BCUT2D eigenvalue weighted by atomic mass is 16.6. The van der Waals surface area contributed by atoms with E-state index in [-0.39, 0.29) is 30.8 Å². The highest BCUT2D eigenvalue weighted by Crippen LogP contribution is 2.30. The van der Waals surface area contributed by atoms with Crippen molar-refractivity contribution >= 4 is 23.9 Å². The third kappa shape index (κ3) is 9.33. The first-order valence-corrected chi connectivity index (χ1v) is 13.5. The van der Waals surface area contributed by atoms with Gasteiger partial charge in [-0.15, -0.1) is 0 Å². The van der Waals surface area contributed by atoms with Crippen molar-refractivity contribution in [1.82, 2.24) is 15.5 Å². The van der Waals surface area contributed by atoms with E-state index in [0.717, 1.165) is 5.56 Å². The Morgan fingerprint density at radius 2 is 1.66 bits per heavy atom. The Morgan fingerprint density at radius 1 is 1.03 bits per heavy atom. The molecule has 1 aromatic carbocycles. The second-order valence-electron chi connectivity index (χ2n) is 11.8. The van der Waals surface area contributed by atoms with Gasteiger partial charge >= 0.3 is 12.1 Å². The number of benzene rings is 1. The van der Waals surface area contributed by atoms with E-state index < -0.39 is 47.7 Å². The average Bonchev–Trinajstić information content (AvgIpc) is 3.19. The topological polar surface area (TPSA) is 114 Å². The minimum absolute atomic E-state index is 0.0267. The summed E-state index contributed by atoms with van der Waals surface area (Å²) in [6.07, 6.45) is 0.621. The summed E-state index contributed by atoms with van der Waals surface area (Å²) >= 11 is 0. The summed E-state index contributed by atoms with van der Waals surface area (Å²) in [4.78, 5) is 53.5. The van der Waals surface area contributed by atoms with Crippen molar-refractivity contribution in [2.75, 3.05) is 0 Å². The number of likely N-dealkylation sites (tertiary alicyclic amines) is 1. The van der Waals surface area contributed by atoms with Crippen molar-refractivity contribution in [1.29, 1.82) is 0 Å². The molecular weight excluding hydrogens is 486 g/mol. The highest BCUT2D eigenvalue weighted by molar-refractivity contribution is 5.91. The smallest absolute Gasteiger partial charge is 0.407 e. The van der Waals surface area contributed by atoms with E-state index in [4.69, 9.17) is 9.47 Å². The Morgan fingerprint density at radius 3 is 2.21 bits per heavy atom. The van der Waals surface area contributed by atoms with Gasteiger partial charge in [-0.05, 0) is 57.9 Å². The number of nitrogens with zero attached hydrogens (tertiary/aromatic N) is 1. The van der Waals surface area contributed by atoms with Gasteiger partial charge in [0.05, 0.1) is 12.1 Å². The first-order valence-electron chi connectivity index (χ1n) is 13.5. The van der Waals surface area contributed by atoms with E-state index >= 15 is 0 Å². The molecular formula is C29H45N3O6. The lowest BCUT2D eigenvalue weighted by Crippen LogP contribution is -2.59. The molecule has 212 valence electrons. The minimum Gasteiger partial charge on any atom is -0.458 e. The number of alkyl carbamates (subject to hydrolysis) is 1. The van der Waals surface area contributed by atoms with Gasteiger partial charge in [0.25, 0.3) is 0 Å². The molecule has 9 nitrogen and oxygen atoms in total. The molecule has 2 rings (SSSR count). The summed E-state index contributed by atoms with van der Waals surface area (Å²) in [5, 5.41) is 5.70. The molecule has 4 atom stereocenters. The maximum absolute atomic E-state index is 13.5. The predicted octanol–water partition coefficient (Wildman–Crippen LogP) is 4.19. The van der Waals surface area contributed by atoms with Gasteiger partial charge in [0.1, 0.15) is 24.3 Å². The minimum atomic E-state index is -0.875. The molecule has 3 amide bonds. The third-order valence-electron chi connectivity index (χ3n) is 6.38. The summed E-state index contributed by atoms with van der Waals surface area (Å²) in [5.41, 5.74) is 0.184. The molecule has 1 heterocycles. The zero-order valence-corrected chi connectivity index (χ0v) is 24.1. The van der Waals surface area contributed by atoms with Crippen molar-refractivity contribution in [2.24, 2.45) is 11.8 Å². The summed E-state index contributed by atoms with van der Waals surface area (Å²) in [6, 6.07) is 6.91. The fraction of sp³-hybridized carbons (Fsp3) is 0.655. The van der Waals surface area contributed by atoms with Crippen LogP contribution in [0.1, 0.15) is 80.2 Å². The van der Waals surface area contributed by atoms with Crippen LogP contribution in [0.25, 0.3) is 0 Å². The highest BCUT2D eigenvalue weighted by Gasteiger charge is 2.45. The number of hydrogen-bond donors (Lipinski definition) is 2. The van der Waals surface area contributed by atoms with E-state index in [1.165, 1.54) is 0 Å². The van der Waals surface area contributed by atoms with Crippen molar-refractivity contribution in [3.8, 4) is 0 Å². The molecule has 0 spiro atoms. The van der Waals surface area contributed by atoms with Gasteiger partial charge in [-0.3, -0.25) is 9.59 Å². The molecule has 38 heavy (non-hydrogen) atoms. The van der Waals surface area contributed by atoms with Crippen LogP contribution < -0.4 is 10.6 Å². The van der Waals surface area contributed by atoms with Crippen LogP contribution in [0.15, 0.2) is 30.3 Å². The molecule has 1 saturated heterocycles. The maximum Gasteiger partial charge on any atom is 0.407 e. The number of hydrogen-bond acceptors (Lipinski definition) is 6. The van der Waals surface area contributed by atoms with Crippen LogP contribution in [0, 0.1) is 11.8 Å². The van der Waals surface area contributed by atoms with Crippen molar-refractivity contribution < 1.29 is 28.7 Å². The molecule has 0 unspecified atom stereocenters. The van der Waals surface area contributed by atoms with E-state index in [1.54, 1.807) is 32.6 Å². The lowest BCUT2D eigenvalue weighted by molar-refractivity contribution is -0.158. The Balaban J connectivity index is 2.20. The average molecular weight is 532 g/mol. The number of nitrogens with one attached hydrogen (secondary N) is 2. The standard InChI is InChI=1S/C29H45N3O6/c1-18(2)16-23(26(34)30-20(5)27(35)38-29(6,7)8)32-22(14-15-24(32)33)25(19(3)4)31-28(36)37-17-21-12-10-9-11-13-21/h9-13,18-20,22-23,25H,14-17H2,1-8H3,(H,30,34)(H,31,36)/t20-,22+,23-,25-/m0/s1. The number of carbonyl (C=O) groups is 4. The Labute approximate surface area is 227 Å². The molecule has 2 N–H and O–H groups in total. The van der Waals surface area contributed by atoms with Crippen molar-refractivity contribution in [3.63, 3.8) is 0 Å². The third-order valence-corrected chi connectivity index (χ3v) is 6.38. The second-order valence-corrected chi connectivity index (χ2v) is 11.8. The number of amides is 3. The number of esters is 1. The SMILES string of the molecule is CC(C)C[C@@H](C(=O)N[C@@H](C)C(=O)OC(C)(C)C)N1C(=O)CC[C@@H]1[C@@H](NC(=O)OCc1ccccc1)C(C)C. The van der Waals surface area contributed by atoms with Crippen LogP contribution in [0.3, 0.4) is 0 Å². The molecule has 0 bridgehead atoms. The van der Waals surface area contributed by atoms with Gasteiger partial charge in [0, 0.05) is 6.42 Å². The Kier molecular flexibility index (Phi) is 11.2. The molecule has 1 aliphatic rings. The van der Waals surface area contributed by atoms with Gasteiger partial charge in [0.15, 0.2) is 0 Å². The second kappa shape index (κ2) is 13.6. The zero-order valence-electron chi connectivity index (χ0n) is 24.1. The lowest BCUT2D eigenvalue weighted by atomic mass is 9.92. The molecule has 0 saturated carbocycles. The Bertz CT molecular complexity index is 957. The molecule has 1 aromatic rings. The first kappa shape index (κ1) is 31.1. The van der Waals surface area contributed by atoms with E-state index in [0.29, 0.717) is 12.8 Å². The van der Waals surface area contributed by atoms with Crippen LogP contribution in [0.5, 0.6) is 0 Å². The van der Waals surface area contributed by atoms with Crippen molar-refractivity contribution in [3.05, 3.63) is 35.9 Å². The van der Waals surface area contributed by atoms with Gasteiger partial charge in [0.2, 0.25) is 11.8 Å². The predicted molar refractivity (Wildman–Crippen MR) is 145 cm³/mol. The molecule has 1 fully saturated rings. The van der Waals surface area contributed by atoms with Crippen LogP contribution in [0.4, 0.5) is 4.79 Å². The molecule has 0 aromatic heterocycles.